The number of ether oxygens (including phenoxy) is 2. The Labute approximate surface area is 173 Å². The second kappa shape index (κ2) is 8.24. The molecule has 1 N–H and O–H groups in total. The van der Waals surface area contributed by atoms with Crippen LogP contribution in [0.4, 0.5) is 11.5 Å². The van der Waals surface area contributed by atoms with E-state index < -0.39 is 0 Å². The third-order valence-electron chi connectivity index (χ3n) is 5.22. The summed E-state index contributed by atoms with van der Waals surface area (Å²) in [6, 6.07) is 5.31. The molecule has 0 radical (unpaired) electrons. The monoisotopic (exact) mass is 412 g/mol. The molecule has 0 atom stereocenters. The molecule has 0 spiro atoms. The lowest BCUT2D eigenvalue weighted by Crippen LogP contribution is -2.30. The maximum atomic E-state index is 13.1. The highest BCUT2D eigenvalue weighted by Gasteiger charge is 2.23. The molecule has 0 bridgehead atoms. The molecule has 1 fully saturated rings. The highest BCUT2D eigenvalue weighted by Crippen LogP contribution is 2.37. The molecular weight excluding hydrogens is 388 g/mol. The molecule has 7 nitrogen and oxygen atoms in total. The first kappa shape index (κ1) is 19.4. The van der Waals surface area contributed by atoms with Crippen LogP contribution in [0.5, 0.6) is 11.5 Å². The lowest BCUT2D eigenvalue weighted by Gasteiger charge is -2.28. The van der Waals surface area contributed by atoms with Gasteiger partial charge in [-0.1, -0.05) is 0 Å². The van der Waals surface area contributed by atoms with Gasteiger partial charge in [0.15, 0.2) is 0 Å². The summed E-state index contributed by atoms with van der Waals surface area (Å²) in [4.78, 5) is 25.8. The first-order chi connectivity index (χ1) is 14.1. The van der Waals surface area contributed by atoms with Crippen LogP contribution in [0.3, 0.4) is 0 Å². The summed E-state index contributed by atoms with van der Waals surface area (Å²) in [5.74, 6) is 1.96. The van der Waals surface area contributed by atoms with Crippen molar-refractivity contribution in [1.29, 1.82) is 0 Å². The molecule has 3 heterocycles. The van der Waals surface area contributed by atoms with E-state index in [1.165, 1.54) is 17.8 Å². The van der Waals surface area contributed by atoms with Gasteiger partial charge in [-0.2, -0.15) is 0 Å². The fraction of sp³-hybridized carbons (Fsp3) is 0.381. The SMILES string of the molecule is COc1ccc(OC)c(NC(=O)c2sc3ncnc(N4CCCCC4)c3c2C)c1. The number of anilines is 2. The van der Waals surface area contributed by atoms with Crippen LogP contribution in [-0.2, 0) is 0 Å². The molecule has 0 aliphatic carbocycles. The summed E-state index contributed by atoms with van der Waals surface area (Å²) in [7, 11) is 3.16. The number of methoxy groups -OCH3 is 2. The fourth-order valence-corrected chi connectivity index (χ4v) is 4.74. The highest BCUT2D eigenvalue weighted by atomic mass is 32.1. The van der Waals surface area contributed by atoms with Crippen LogP contribution < -0.4 is 19.7 Å². The van der Waals surface area contributed by atoms with E-state index in [-0.39, 0.29) is 5.91 Å². The van der Waals surface area contributed by atoms with Crippen molar-refractivity contribution in [1.82, 2.24) is 9.97 Å². The van der Waals surface area contributed by atoms with E-state index in [0.717, 1.165) is 47.5 Å². The zero-order valence-electron chi connectivity index (χ0n) is 16.8. The molecule has 29 heavy (non-hydrogen) atoms. The van der Waals surface area contributed by atoms with Gasteiger partial charge in [0, 0.05) is 19.2 Å². The number of piperidine rings is 1. The van der Waals surface area contributed by atoms with Crippen molar-refractivity contribution < 1.29 is 14.3 Å². The average molecular weight is 413 g/mol. The van der Waals surface area contributed by atoms with Gasteiger partial charge in [0.1, 0.15) is 28.5 Å². The van der Waals surface area contributed by atoms with Gasteiger partial charge in [-0.3, -0.25) is 4.79 Å². The van der Waals surface area contributed by atoms with Gasteiger partial charge in [0.05, 0.1) is 30.2 Å². The standard InChI is InChI=1S/C21H24N4O3S/c1-13-17-19(25-9-5-4-6-10-25)22-12-23-21(17)29-18(13)20(26)24-15-11-14(27-2)7-8-16(15)28-3/h7-8,11-12H,4-6,9-10H2,1-3H3,(H,24,26). The van der Waals surface area contributed by atoms with Crippen LogP contribution in [0, 0.1) is 6.92 Å². The lowest BCUT2D eigenvalue weighted by molar-refractivity contribution is 0.102. The van der Waals surface area contributed by atoms with Crippen LogP contribution >= 0.6 is 11.3 Å². The summed E-state index contributed by atoms with van der Waals surface area (Å²) in [6.07, 6.45) is 5.17. The number of amides is 1. The first-order valence-electron chi connectivity index (χ1n) is 9.64. The van der Waals surface area contributed by atoms with Crippen molar-refractivity contribution in [2.45, 2.75) is 26.2 Å². The topological polar surface area (TPSA) is 76.6 Å². The number of hydrogen-bond acceptors (Lipinski definition) is 7. The zero-order valence-corrected chi connectivity index (χ0v) is 17.6. The molecule has 1 aliphatic heterocycles. The minimum atomic E-state index is -0.193. The number of carbonyl (C=O) groups is 1. The van der Waals surface area contributed by atoms with Crippen LogP contribution in [0.1, 0.15) is 34.5 Å². The smallest absolute Gasteiger partial charge is 0.266 e. The molecule has 8 heteroatoms. The number of carbonyl (C=O) groups excluding carboxylic acids is 1. The molecule has 3 aromatic rings. The molecule has 1 aromatic carbocycles. The second-order valence-corrected chi connectivity index (χ2v) is 8.00. The number of rotatable bonds is 5. The van der Waals surface area contributed by atoms with Crippen molar-refractivity contribution in [2.75, 3.05) is 37.5 Å². The maximum absolute atomic E-state index is 13.1. The number of aryl methyl sites for hydroxylation is 1. The van der Waals surface area contributed by atoms with Crippen LogP contribution in [0.15, 0.2) is 24.5 Å². The van der Waals surface area contributed by atoms with Crippen LogP contribution in [0.25, 0.3) is 10.2 Å². The van der Waals surface area contributed by atoms with Gasteiger partial charge in [-0.25, -0.2) is 9.97 Å². The van der Waals surface area contributed by atoms with Crippen LogP contribution in [0.2, 0.25) is 0 Å². The lowest BCUT2D eigenvalue weighted by atomic mass is 10.1. The number of fused-ring (bicyclic) bond motifs is 1. The van der Waals surface area contributed by atoms with Gasteiger partial charge in [-0.15, -0.1) is 11.3 Å². The third-order valence-corrected chi connectivity index (χ3v) is 6.42. The Kier molecular flexibility index (Phi) is 5.53. The van der Waals surface area contributed by atoms with Gasteiger partial charge in [-0.05, 0) is 43.9 Å². The molecular formula is C21H24N4O3S. The van der Waals surface area contributed by atoms with E-state index in [1.54, 1.807) is 38.7 Å². The predicted molar refractivity (Wildman–Crippen MR) is 116 cm³/mol. The Bertz CT molecular complexity index is 1040. The molecule has 4 rings (SSSR count). The molecule has 0 saturated carbocycles. The Morgan fingerprint density at radius 2 is 1.93 bits per heavy atom. The van der Waals surface area contributed by atoms with E-state index in [4.69, 9.17) is 9.47 Å². The number of nitrogens with zero attached hydrogens (tertiary/aromatic N) is 3. The normalized spacial score (nSPS) is 14.1. The minimum absolute atomic E-state index is 0.193. The summed E-state index contributed by atoms with van der Waals surface area (Å²) in [6.45, 7) is 3.95. The van der Waals surface area contributed by atoms with Crippen molar-refractivity contribution in [3.8, 4) is 11.5 Å². The number of nitrogens with one attached hydrogen (secondary N) is 1. The quantitative estimate of drug-likeness (QED) is 0.675. The van der Waals surface area contributed by atoms with E-state index in [9.17, 15) is 4.79 Å². The second-order valence-electron chi connectivity index (χ2n) is 7.00. The third kappa shape index (κ3) is 3.72. The Balaban J connectivity index is 1.69. The van der Waals surface area contributed by atoms with E-state index >= 15 is 0 Å². The molecule has 1 aliphatic rings. The number of hydrogen-bond donors (Lipinski definition) is 1. The molecule has 1 amide bonds. The summed E-state index contributed by atoms with van der Waals surface area (Å²) in [5.41, 5.74) is 1.47. The highest BCUT2D eigenvalue weighted by molar-refractivity contribution is 7.20. The fourth-order valence-electron chi connectivity index (χ4n) is 3.71. The predicted octanol–water partition coefficient (Wildman–Crippen LogP) is 4.26. The number of thiophene rings is 1. The number of benzene rings is 1. The van der Waals surface area contributed by atoms with E-state index in [1.807, 2.05) is 6.92 Å². The summed E-state index contributed by atoms with van der Waals surface area (Å²) in [5, 5.41) is 3.93. The van der Waals surface area contributed by atoms with Gasteiger partial charge in [0.2, 0.25) is 0 Å². The maximum Gasteiger partial charge on any atom is 0.266 e. The summed E-state index contributed by atoms with van der Waals surface area (Å²) < 4.78 is 10.6. The number of aromatic nitrogens is 2. The van der Waals surface area contributed by atoms with Crippen molar-refractivity contribution in [3.05, 3.63) is 35.0 Å². The van der Waals surface area contributed by atoms with Crippen molar-refractivity contribution in [3.63, 3.8) is 0 Å². The molecule has 152 valence electrons. The largest absolute Gasteiger partial charge is 0.497 e. The van der Waals surface area contributed by atoms with Crippen LogP contribution in [-0.4, -0.2) is 43.2 Å². The van der Waals surface area contributed by atoms with Crippen molar-refractivity contribution in [2.24, 2.45) is 0 Å². The minimum Gasteiger partial charge on any atom is -0.497 e. The van der Waals surface area contributed by atoms with Gasteiger partial charge >= 0.3 is 0 Å². The zero-order chi connectivity index (χ0) is 20.4. The van der Waals surface area contributed by atoms with Crippen molar-refractivity contribution >= 4 is 39.0 Å². The Morgan fingerprint density at radius 1 is 1.14 bits per heavy atom. The first-order valence-corrected chi connectivity index (χ1v) is 10.5. The van der Waals surface area contributed by atoms with Gasteiger partial charge < -0.3 is 19.7 Å². The molecule has 2 aromatic heterocycles. The summed E-state index contributed by atoms with van der Waals surface area (Å²) >= 11 is 1.39. The molecule has 0 unspecified atom stereocenters. The average Bonchev–Trinajstić information content (AvgIpc) is 3.11. The molecule has 1 saturated heterocycles. The van der Waals surface area contributed by atoms with Gasteiger partial charge in [0.25, 0.3) is 5.91 Å². The van der Waals surface area contributed by atoms with E-state index in [0.29, 0.717) is 22.1 Å². The van der Waals surface area contributed by atoms with E-state index in [2.05, 4.69) is 20.2 Å². The Hall–Kier alpha value is -2.87. The Morgan fingerprint density at radius 3 is 2.66 bits per heavy atom.